The van der Waals surface area contributed by atoms with Crippen LogP contribution in [-0.4, -0.2) is 36.4 Å². The standard InChI is InChI=1S/C17H16O6/c1-22-16(20)14-11(18)8-9-12(19)15(17(21)23-2)13(14)10-6-4-3-5-7-10/h3-9,13,18-19H,1-2H3. The number of allylic oxidation sites excluding steroid dienone is 2. The van der Waals surface area contributed by atoms with E-state index in [2.05, 4.69) is 0 Å². The minimum absolute atomic E-state index is 0.153. The van der Waals surface area contributed by atoms with E-state index in [-0.39, 0.29) is 11.1 Å². The molecule has 0 aliphatic heterocycles. The molecule has 1 aromatic carbocycles. The van der Waals surface area contributed by atoms with E-state index < -0.39 is 29.4 Å². The van der Waals surface area contributed by atoms with Crippen molar-refractivity contribution in [3.63, 3.8) is 0 Å². The van der Waals surface area contributed by atoms with Gasteiger partial charge in [0.1, 0.15) is 11.5 Å². The number of hydrogen-bond donors (Lipinski definition) is 2. The van der Waals surface area contributed by atoms with Crippen molar-refractivity contribution in [1.82, 2.24) is 0 Å². The molecule has 1 aliphatic carbocycles. The number of ether oxygens (including phenoxy) is 2. The van der Waals surface area contributed by atoms with Crippen LogP contribution in [0.2, 0.25) is 0 Å². The Balaban J connectivity index is 2.76. The van der Waals surface area contributed by atoms with Crippen LogP contribution in [0.15, 0.2) is 65.1 Å². The van der Waals surface area contributed by atoms with Crippen LogP contribution in [0.1, 0.15) is 11.5 Å². The Labute approximate surface area is 133 Å². The highest BCUT2D eigenvalue weighted by molar-refractivity contribution is 5.99. The van der Waals surface area contributed by atoms with Gasteiger partial charge in [0.15, 0.2) is 0 Å². The van der Waals surface area contributed by atoms with Gasteiger partial charge < -0.3 is 19.7 Å². The normalized spacial score (nSPS) is 15.4. The zero-order chi connectivity index (χ0) is 17.0. The monoisotopic (exact) mass is 316 g/mol. The van der Waals surface area contributed by atoms with E-state index in [1.807, 2.05) is 0 Å². The summed E-state index contributed by atoms with van der Waals surface area (Å²) in [6.45, 7) is 0. The van der Waals surface area contributed by atoms with Crippen molar-refractivity contribution in [1.29, 1.82) is 0 Å². The van der Waals surface area contributed by atoms with Gasteiger partial charge in [-0.05, 0) is 17.7 Å². The van der Waals surface area contributed by atoms with E-state index in [4.69, 9.17) is 9.47 Å². The number of aliphatic hydroxyl groups is 2. The lowest BCUT2D eigenvalue weighted by molar-refractivity contribution is -0.137. The smallest absolute Gasteiger partial charge is 0.338 e. The number of rotatable bonds is 3. The third-order valence-corrected chi connectivity index (χ3v) is 3.47. The van der Waals surface area contributed by atoms with Crippen LogP contribution in [-0.2, 0) is 19.1 Å². The molecule has 1 aromatic rings. The SMILES string of the molecule is COC(=O)C1=C(O)C=CC(O)=C(C(=O)OC)C1c1ccccc1. The predicted octanol–water partition coefficient (Wildman–Crippen LogP) is 2.31. The van der Waals surface area contributed by atoms with E-state index in [0.29, 0.717) is 5.56 Å². The van der Waals surface area contributed by atoms with Gasteiger partial charge >= 0.3 is 11.9 Å². The molecule has 1 aliphatic rings. The van der Waals surface area contributed by atoms with Crippen LogP contribution in [0.3, 0.4) is 0 Å². The summed E-state index contributed by atoms with van der Waals surface area (Å²) in [6, 6.07) is 8.53. The van der Waals surface area contributed by atoms with Gasteiger partial charge in [-0.2, -0.15) is 0 Å². The summed E-state index contributed by atoms with van der Waals surface area (Å²) in [4.78, 5) is 24.3. The molecule has 0 fully saturated rings. The zero-order valence-electron chi connectivity index (χ0n) is 12.6. The second kappa shape index (κ2) is 6.83. The third-order valence-electron chi connectivity index (χ3n) is 3.47. The molecule has 0 bridgehead atoms. The molecule has 0 saturated carbocycles. The molecule has 0 amide bonds. The van der Waals surface area contributed by atoms with E-state index in [0.717, 1.165) is 12.2 Å². The van der Waals surface area contributed by atoms with Gasteiger partial charge in [-0.1, -0.05) is 30.3 Å². The van der Waals surface area contributed by atoms with E-state index in [1.54, 1.807) is 30.3 Å². The first-order chi connectivity index (χ1) is 11.0. The molecule has 2 N–H and O–H groups in total. The first-order valence-electron chi connectivity index (χ1n) is 6.77. The number of benzene rings is 1. The Morgan fingerprint density at radius 1 is 0.870 bits per heavy atom. The zero-order valence-corrected chi connectivity index (χ0v) is 12.6. The third kappa shape index (κ3) is 3.11. The molecule has 0 atom stereocenters. The number of methoxy groups -OCH3 is 2. The fraction of sp³-hybridized carbons (Fsp3) is 0.176. The van der Waals surface area contributed by atoms with Crippen LogP contribution < -0.4 is 0 Å². The van der Waals surface area contributed by atoms with Gasteiger partial charge in [-0.3, -0.25) is 0 Å². The Morgan fingerprint density at radius 2 is 1.30 bits per heavy atom. The Hall–Kier alpha value is -3.02. The number of aliphatic hydroxyl groups excluding tert-OH is 2. The maximum atomic E-state index is 12.1. The summed E-state index contributed by atoms with van der Waals surface area (Å²) in [5.74, 6) is -3.42. The number of carbonyl (C=O) groups excluding carboxylic acids is 2. The number of hydrogen-bond acceptors (Lipinski definition) is 6. The highest BCUT2D eigenvalue weighted by atomic mass is 16.5. The van der Waals surface area contributed by atoms with Crippen molar-refractivity contribution in [2.24, 2.45) is 0 Å². The van der Waals surface area contributed by atoms with Crippen LogP contribution in [0.25, 0.3) is 0 Å². The molecule has 23 heavy (non-hydrogen) atoms. The lowest BCUT2D eigenvalue weighted by Crippen LogP contribution is -2.22. The van der Waals surface area contributed by atoms with Crippen molar-refractivity contribution < 1.29 is 29.3 Å². The molecule has 6 nitrogen and oxygen atoms in total. The van der Waals surface area contributed by atoms with Crippen LogP contribution in [0.5, 0.6) is 0 Å². The largest absolute Gasteiger partial charge is 0.507 e. The molecular weight excluding hydrogens is 300 g/mol. The lowest BCUT2D eigenvalue weighted by Gasteiger charge is -2.21. The fourth-order valence-electron chi connectivity index (χ4n) is 2.42. The van der Waals surface area contributed by atoms with Crippen molar-refractivity contribution >= 4 is 11.9 Å². The molecule has 0 saturated heterocycles. The van der Waals surface area contributed by atoms with Gasteiger partial charge in [0.2, 0.25) is 0 Å². The van der Waals surface area contributed by atoms with Gasteiger partial charge in [0.25, 0.3) is 0 Å². The average Bonchev–Trinajstić information content (AvgIpc) is 2.71. The summed E-state index contributed by atoms with van der Waals surface area (Å²) in [6.07, 6.45) is 2.26. The highest BCUT2D eigenvalue weighted by Crippen LogP contribution is 2.38. The molecule has 6 heteroatoms. The number of esters is 2. The second-order valence-electron chi connectivity index (χ2n) is 4.76. The molecular formula is C17H16O6. The van der Waals surface area contributed by atoms with Crippen LogP contribution >= 0.6 is 0 Å². The van der Waals surface area contributed by atoms with Crippen molar-refractivity contribution in [2.45, 2.75) is 5.92 Å². The van der Waals surface area contributed by atoms with E-state index in [9.17, 15) is 19.8 Å². The molecule has 120 valence electrons. The number of carbonyl (C=O) groups is 2. The van der Waals surface area contributed by atoms with Gasteiger partial charge in [0, 0.05) is 0 Å². The van der Waals surface area contributed by atoms with Crippen molar-refractivity contribution in [3.8, 4) is 0 Å². The van der Waals surface area contributed by atoms with Crippen molar-refractivity contribution in [2.75, 3.05) is 14.2 Å². The van der Waals surface area contributed by atoms with Gasteiger partial charge in [-0.25, -0.2) is 9.59 Å². The molecule has 0 aromatic heterocycles. The highest BCUT2D eigenvalue weighted by Gasteiger charge is 2.37. The minimum atomic E-state index is -1.02. The molecule has 0 unspecified atom stereocenters. The van der Waals surface area contributed by atoms with Gasteiger partial charge in [0.05, 0.1) is 31.3 Å². The second-order valence-corrected chi connectivity index (χ2v) is 4.76. The molecule has 2 rings (SSSR count). The maximum absolute atomic E-state index is 12.1. The molecule has 0 spiro atoms. The van der Waals surface area contributed by atoms with E-state index in [1.165, 1.54) is 14.2 Å². The quantitative estimate of drug-likeness (QED) is 0.831. The summed E-state index contributed by atoms with van der Waals surface area (Å²) in [5.41, 5.74) is 0.217. The summed E-state index contributed by atoms with van der Waals surface area (Å²) >= 11 is 0. The molecule has 0 heterocycles. The lowest BCUT2D eigenvalue weighted by atomic mass is 9.83. The average molecular weight is 316 g/mol. The predicted molar refractivity (Wildman–Crippen MR) is 81.7 cm³/mol. The minimum Gasteiger partial charge on any atom is -0.507 e. The molecule has 0 radical (unpaired) electrons. The van der Waals surface area contributed by atoms with Crippen LogP contribution in [0.4, 0.5) is 0 Å². The first-order valence-corrected chi connectivity index (χ1v) is 6.77. The first kappa shape index (κ1) is 16.4. The van der Waals surface area contributed by atoms with Crippen LogP contribution in [0, 0.1) is 0 Å². The maximum Gasteiger partial charge on any atom is 0.338 e. The summed E-state index contributed by atoms with van der Waals surface area (Å²) < 4.78 is 9.43. The van der Waals surface area contributed by atoms with E-state index >= 15 is 0 Å². The summed E-state index contributed by atoms with van der Waals surface area (Å²) in [5, 5.41) is 20.3. The topological polar surface area (TPSA) is 93.1 Å². The summed E-state index contributed by atoms with van der Waals surface area (Å²) in [7, 11) is 2.33. The fourth-order valence-corrected chi connectivity index (χ4v) is 2.42. The Kier molecular flexibility index (Phi) is 4.85. The van der Waals surface area contributed by atoms with Crippen molar-refractivity contribution in [3.05, 3.63) is 70.7 Å². The van der Waals surface area contributed by atoms with Gasteiger partial charge in [-0.15, -0.1) is 0 Å². The Morgan fingerprint density at radius 3 is 1.70 bits per heavy atom. The Bertz CT molecular complexity index is 670.